The fraction of sp³-hybridized carbons (Fsp3) is 0.600. The van der Waals surface area contributed by atoms with Gasteiger partial charge < -0.3 is 5.73 Å². The summed E-state index contributed by atoms with van der Waals surface area (Å²) in [6.07, 6.45) is 3.81. The highest BCUT2D eigenvalue weighted by Gasteiger charge is 2.26. The van der Waals surface area contributed by atoms with E-state index >= 15 is 0 Å². The maximum atomic E-state index is 12.4. The lowest BCUT2D eigenvalue weighted by Crippen LogP contribution is -2.33. The fourth-order valence-corrected chi connectivity index (χ4v) is 4.24. The van der Waals surface area contributed by atoms with Crippen LogP contribution in [0.2, 0.25) is 0 Å². The van der Waals surface area contributed by atoms with Crippen molar-refractivity contribution in [1.29, 1.82) is 0 Å². The zero-order valence-corrected chi connectivity index (χ0v) is 13.0. The molecule has 112 valence electrons. The molecule has 1 aliphatic rings. The van der Waals surface area contributed by atoms with E-state index in [2.05, 4.69) is 11.6 Å². The molecule has 1 fully saturated rings. The second-order valence-electron chi connectivity index (χ2n) is 5.72. The van der Waals surface area contributed by atoms with Crippen LogP contribution in [0.25, 0.3) is 0 Å². The summed E-state index contributed by atoms with van der Waals surface area (Å²) >= 11 is 0. The summed E-state index contributed by atoms with van der Waals surface area (Å²) in [7, 11) is -3.43. The number of benzene rings is 1. The van der Waals surface area contributed by atoms with Crippen molar-refractivity contribution in [2.75, 3.05) is 0 Å². The van der Waals surface area contributed by atoms with E-state index in [0.717, 1.165) is 36.8 Å². The highest BCUT2D eigenvalue weighted by atomic mass is 32.2. The minimum atomic E-state index is -3.43. The van der Waals surface area contributed by atoms with Gasteiger partial charge in [-0.05, 0) is 54.9 Å². The van der Waals surface area contributed by atoms with E-state index in [-0.39, 0.29) is 6.04 Å². The van der Waals surface area contributed by atoms with Crippen molar-refractivity contribution in [3.8, 4) is 0 Å². The lowest BCUT2D eigenvalue weighted by molar-refractivity contribution is 0.538. The Morgan fingerprint density at radius 3 is 2.60 bits per heavy atom. The van der Waals surface area contributed by atoms with Gasteiger partial charge in [0, 0.05) is 12.6 Å². The number of sulfonamides is 1. The van der Waals surface area contributed by atoms with E-state index < -0.39 is 10.0 Å². The van der Waals surface area contributed by atoms with E-state index in [9.17, 15) is 8.42 Å². The smallest absolute Gasteiger partial charge is 0.240 e. The molecule has 20 heavy (non-hydrogen) atoms. The van der Waals surface area contributed by atoms with Gasteiger partial charge in [-0.3, -0.25) is 0 Å². The van der Waals surface area contributed by atoms with Crippen LogP contribution in [0.1, 0.15) is 44.2 Å². The van der Waals surface area contributed by atoms with Gasteiger partial charge in [0.05, 0.1) is 4.90 Å². The van der Waals surface area contributed by atoms with Crippen LogP contribution in [0, 0.1) is 5.92 Å². The molecule has 0 amide bonds. The van der Waals surface area contributed by atoms with Crippen LogP contribution in [0.4, 0.5) is 0 Å². The number of nitrogens with one attached hydrogen (secondary N) is 1. The molecule has 0 radical (unpaired) electrons. The van der Waals surface area contributed by atoms with Crippen molar-refractivity contribution >= 4 is 10.0 Å². The molecule has 2 rings (SSSR count). The standard InChI is InChI=1S/C15H24N2O2S/c1-3-12-5-7-15(9-13(12)10-16)20(18,19)17-14-6-4-11(2)8-14/h5,7,9,11,14,17H,3-4,6,8,10,16H2,1-2H3. The van der Waals surface area contributed by atoms with Gasteiger partial charge in [-0.25, -0.2) is 13.1 Å². The van der Waals surface area contributed by atoms with E-state index in [4.69, 9.17) is 5.73 Å². The van der Waals surface area contributed by atoms with E-state index in [1.54, 1.807) is 12.1 Å². The third-order valence-electron chi connectivity index (χ3n) is 4.11. The topological polar surface area (TPSA) is 72.2 Å². The molecule has 0 spiro atoms. The highest BCUT2D eigenvalue weighted by molar-refractivity contribution is 7.89. The summed E-state index contributed by atoms with van der Waals surface area (Å²) in [5, 5.41) is 0. The molecule has 3 N–H and O–H groups in total. The molecule has 1 saturated carbocycles. The molecular weight excluding hydrogens is 272 g/mol. The van der Waals surface area contributed by atoms with E-state index in [0.29, 0.717) is 17.4 Å². The molecule has 1 aliphatic carbocycles. The Labute approximate surface area is 121 Å². The summed E-state index contributed by atoms with van der Waals surface area (Å²) in [5.41, 5.74) is 7.73. The van der Waals surface area contributed by atoms with Gasteiger partial charge in [0.1, 0.15) is 0 Å². The minimum Gasteiger partial charge on any atom is -0.326 e. The van der Waals surface area contributed by atoms with Gasteiger partial charge in [0.25, 0.3) is 0 Å². The van der Waals surface area contributed by atoms with Crippen LogP contribution in [0.5, 0.6) is 0 Å². The van der Waals surface area contributed by atoms with E-state index in [1.165, 1.54) is 0 Å². The molecule has 5 heteroatoms. The second kappa shape index (κ2) is 6.24. The van der Waals surface area contributed by atoms with Gasteiger partial charge >= 0.3 is 0 Å². The fourth-order valence-electron chi connectivity index (χ4n) is 2.91. The summed E-state index contributed by atoms with van der Waals surface area (Å²) in [4.78, 5) is 0.328. The average molecular weight is 296 g/mol. The first-order valence-electron chi connectivity index (χ1n) is 7.30. The molecule has 1 aromatic carbocycles. The van der Waals surface area contributed by atoms with Crippen LogP contribution in [-0.4, -0.2) is 14.5 Å². The summed E-state index contributed by atoms with van der Waals surface area (Å²) in [5.74, 6) is 0.602. The van der Waals surface area contributed by atoms with Crippen molar-refractivity contribution in [3.05, 3.63) is 29.3 Å². The third-order valence-corrected chi connectivity index (χ3v) is 5.62. The first-order valence-corrected chi connectivity index (χ1v) is 8.78. The molecular formula is C15H24N2O2S. The Hall–Kier alpha value is -0.910. The lowest BCUT2D eigenvalue weighted by atomic mass is 10.1. The average Bonchev–Trinajstić information content (AvgIpc) is 2.82. The Morgan fingerprint density at radius 1 is 1.30 bits per heavy atom. The predicted molar refractivity (Wildman–Crippen MR) is 80.8 cm³/mol. The number of hydrogen-bond donors (Lipinski definition) is 2. The third kappa shape index (κ3) is 3.40. The number of rotatable bonds is 5. The highest BCUT2D eigenvalue weighted by Crippen LogP contribution is 2.26. The molecule has 0 bridgehead atoms. The zero-order chi connectivity index (χ0) is 14.8. The van der Waals surface area contributed by atoms with Crippen LogP contribution < -0.4 is 10.5 Å². The zero-order valence-electron chi connectivity index (χ0n) is 12.2. The molecule has 0 aliphatic heterocycles. The number of nitrogens with two attached hydrogens (primary N) is 1. The Bertz CT molecular complexity index is 569. The first-order chi connectivity index (χ1) is 9.46. The van der Waals surface area contributed by atoms with Gasteiger partial charge in [0.2, 0.25) is 10.0 Å². The molecule has 0 aromatic heterocycles. The van der Waals surface area contributed by atoms with Crippen molar-refractivity contribution in [1.82, 2.24) is 4.72 Å². The monoisotopic (exact) mass is 296 g/mol. The first kappa shape index (κ1) is 15.5. The quantitative estimate of drug-likeness (QED) is 0.874. The number of aryl methyl sites for hydroxylation is 1. The van der Waals surface area contributed by atoms with Crippen molar-refractivity contribution in [3.63, 3.8) is 0 Å². The largest absolute Gasteiger partial charge is 0.326 e. The normalized spacial score (nSPS) is 23.1. The van der Waals surface area contributed by atoms with Crippen molar-refractivity contribution < 1.29 is 8.42 Å². The maximum Gasteiger partial charge on any atom is 0.240 e. The molecule has 0 heterocycles. The van der Waals surface area contributed by atoms with Crippen molar-refractivity contribution in [2.45, 2.75) is 57.0 Å². The molecule has 2 atom stereocenters. The predicted octanol–water partition coefficient (Wildman–Crippen LogP) is 2.17. The molecule has 2 unspecified atom stereocenters. The van der Waals surface area contributed by atoms with Gasteiger partial charge in [-0.1, -0.05) is 19.9 Å². The Morgan fingerprint density at radius 2 is 2.05 bits per heavy atom. The molecule has 0 saturated heterocycles. The van der Waals surface area contributed by atoms with E-state index in [1.807, 2.05) is 13.0 Å². The number of hydrogen-bond acceptors (Lipinski definition) is 3. The summed E-state index contributed by atoms with van der Waals surface area (Å²) < 4.78 is 27.6. The minimum absolute atomic E-state index is 0.0715. The summed E-state index contributed by atoms with van der Waals surface area (Å²) in [6, 6.07) is 5.33. The van der Waals surface area contributed by atoms with Gasteiger partial charge in [0.15, 0.2) is 0 Å². The molecule has 1 aromatic rings. The Balaban J connectivity index is 2.21. The summed E-state index contributed by atoms with van der Waals surface area (Å²) in [6.45, 7) is 4.57. The second-order valence-corrected chi connectivity index (χ2v) is 7.44. The lowest BCUT2D eigenvalue weighted by Gasteiger charge is -2.14. The molecule has 4 nitrogen and oxygen atoms in total. The van der Waals surface area contributed by atoms with Crippen LogP contribution in [0.3, 0.4) is 0 Å². The SMILES string of the molecule is CCc1ccc(S(=O)(=O)NC2CCC(C)C2)cc1CN. The van der Waals surface area contributed by atoms with Crippen molar-refractivity contribution in [2.24, 2.45) is 11.7 Å². The maximum absolute atomic E-state index is 12.4. The van der Waals surface area contributed by atoms with Crippen LogP contribution in [0.15, 0.2) is 23.1 Å². The Kier molecular flexibility index (Phi) is 4.83. The van der Waals surface area contributed by atoms with Crippen LogP contribution in [-0.2, 0) is 23.0 Å². The van der Waals surface area contributed by atoms with Gasteiger partial charge in [-0.2, -0.15) is 0 Å². The van der Waals surface area contributed by atoms with Crippen LogP contribution >= 0.6 is 0 Å². The van der Waals surface area contributed by atoms with Gasteiger partial charge in [-0.15, -0.1) is 0 Å².